The molecule has 6 nitrogen and oxygen atoms in total. The molecule has 2 heterocycles. The van der Waals surface area contributed by atoms with Crippen molar-refractivity contribution in [3.63, 3.8) is 0 Å². The minimum Gasteiger partial charge on any atom is -0.495 e. The smallest absolute Gasteiger partial charge is 0.281 e. The van der Waals surface area contributed by atoms with Crippen molar-refractivity contribution in [3.8, 4) is 11.5 Å². The molecule has 152 valence electrons. The van der Waals surface area contributed by atoms with Crippen molar-refractivity contribution >= 4 is 35.0 Å². The first-order valence-electron chi connectivity index (χ1n) is 9.34. The first-order valence-corrected chi connectivity index (χ1v) is 9.75. The number of carbonyl (C=O) groups excluding carboxylic acids is 1. The van der Waals surface area contributed by atoms with Gasteiger partial charge in [0, 0.05) is 6.08 Å². The lowest BCUT2D eigenvalue weighted by Gasteiger charge is -2.17. The van der Waals surface area contributed by atoms with Crippen LogP contribution in [0.5, 0.6) is 11.5 Å². The number of anilines is 1. The van der Waals surface area contributed by atoms with Gasteiger partial charge in [-0.2, -0.15) is 0 Å². The zero-order valence-corrected chi connectivity index (χ0v) is 17.4. The quantitative estimate of drug-likeness (QED) is 0.470. The van der Waals surface area contributed by atoms with Crippen molar-refractivity contribution in [2.75, 3.05) is 12.0 Å². The third-order valence-corrected chi connectivity index (χ3v) is 4.92. The first-order chi connectivity index (χ1) is 14.6. The van der Waals surface area contributed by atoms with Gasteiger partial charge in [0.1, 0.15) is 35.3 Å². The van der Waals surface area contributed by atoms with Crippen molar-refractivity contribution in [2.24, 2.45) is 0 Å². The van der Waals surface area contributed by atoms with Crippen LogP contribution in [-0.4, -0.2) is 18.1 Å². The van der Waals surface area contributed by atoms with E-state index in [4.69, 9.17) is 26.1 Å². The van der Waals surface area contributed by atoms with Gasteiger partial charge < -0.3 is 19.2 Å². The molecule has 0 radical (unpaired) electrons. The Morgan fingerprint density at radius 2 is 1.80 bits per heavy atom. The Labute approximate surface area is 179 Å². The minimum atomic E-state index is -0.279. The van der Waals surface area contributed by atoms with Gasteiger partial charge in [-0.15, -0.1) is 0 Å². The number of benzene rings is 2. The van der Waals surface area contributed by atoms with Gasteiger partial charge >= 0.3 is 0 Å². The van der Waals surface area contributed by atoms with E-state index in [0.717, 1.165) is 11.3 Å². The fraction of sp³-hybridized carbons (Fsp3) is 0.130. The normalized spacial score (nSPS) is 14.9. The van der Waals surface area contributed by atoms with Crippen LogP contribution in [0.4, 0.5) is 5.69 Å². The molecule has 0 bridgehead atoms. The van der Waals surface area contributed by atoms with Crippen LogP contribution >= 0.6 is 12.2 Å². The monoisotopic (exact) mass is 420 g/mol. The number of hydrogen-bond donors (Lipinski definition) is 1. The van der Waals surface area contributed by atoms with E-state index in [1.54, 1.807) is 31.4 Å². The summed E-state index contributed by atoms with van der Waals surface area (Å²) in [5, 5.41) is 3.23. The number of thiocarbonyl (C=S) groups is 1. The van der Waals surface area contributed by atoms with Crippen molar-refractivity contribution < 1.29 is 18.7 Å². The van der Waals surface area contributed by atoms with Gasteiger partial charge in [-0.1, -0.05) is 30.3 Å². The highest BCUT2D eigenvalue weighted by Gasteiger charge is 2.33. The lowest BCUT2D eigenvalue weighted by Crippen LogP contribution is -2.30. The summed E-state index contributed by atoms with van der Waals surface area (Å²) in [7, 11) is 1.55. The van der Waals surface area contributed by atoms with Crippen molar-refractivity contribution in [1.82, 2.24) is 5.32 Å². The minimum absolute atomic E-state index is 0.279. The van der Waals surface area contributed by atoms with Crippen LogP contribution in [0.1, 0.15) is 17.1 Å². The molecule has 0 spiro atoms. The highest BCUT2D eigenvalue weighted by molar-refractivity contribution is 7.80. The maximum atomic E-state index is 12.9. The number of nitrogens with one attached hydrogen (secondary N) is 1. The van der Waals surface area contributed by atoms with Gasteiger partial charge in [-0.25, -0.2) is 4.90 Å². The SMILES string of the molecule is COc1ccccc1N1C(=O)/C(=C\c2ccc(COc3ccccc3C)o2)NC1=S. The summed E-state index contributed by atoms with van der Waals surface area (Å²) >= 11 is 5.36. The summed E-state index contributed by atoms with van der Waals surface area (Å²) in [5.41, 5.74) is 1.96. The third kappa shape index (κ3) is 3.92. The predicted octanol–water partition coefficient (Wildman–Crippen LogP) is 4.44. The Balaban J connectivity index is 1.50. The van der Waals surface area contributed by atoms with Crippen LogP contribution in [0.2, 0.25) is 0 Å². The molecule has 2 aromatic carbocycles. The molecule has 30 heavy (non-hydrogen) atoms. The predicted molar refractivity (Wildman–Crippen MR) is 118 cm³/mol. The number of carbonyl (C=O) groups is 1. The standard InChI is InChI=1S/C23H20N2O4S/c1-15-7-3-5-9-20(15)28-14-17-12-11-16(29-17)13-18-22(26)25(23(30)24-18)19-8-4-6-10-21(19)27-2/h3-13H,14H2,1-2H3,(H,24,30)/b18-13+. The molecule has 0 unspecified atom stereocenters. The van der Waals surface area contributed by atoms with Crippen LogP contribution in [0, 0.1) is 6.92 Å². The van der Waals surface area contributed by atoms with Gasteiger partial charge in [-0.05, 0) is 55.0 Å². The number of ether oxygens (including phenoxy) is 2. The van der Waals surface area contributed by atoms with Crippen LogP contribution in [0.3, 0.4) is 0 Å². The molecule has 1 aliphatic heterocycles. The molecule has 0 atom stereocenters. The van der Waals surface area contributed by atoms with Gasteiger partial charge in [0.2, 0.25) is 0 Å². The zero-order valence-electron chi connectivity index (χ0n) is 16.5. The van der Waals surface area contributed by atoms with E-state index in [1.807, 2.05) is 49.4 Å². The summed E-state index contributed by atoms with van der Waals surface area (Å²) in [6.45, 7) is 2.28. The Morgan fingerprint density at radius 3 is 2.57 bits per heavy atom. The highest BCUT2D eigenvalue weighted by atomic mass is 32.1. The fourth-order valence-corrected chi connectivity index (χ4v) is 3.42. The molecule has 1 aliphatic rings. The van der Waals surface area contributed by atoms with Crippen LogP contribution in [0.25, 0.3) is 6.08 Å². The number of hydrogen-bond acceptors (Lipinski definition) is 5. The Morgan fingerprint density at radius 1 is 1.07 bits per heavy atom. The Bertz CT molecular complexity index is 1140. The largest absolute Gasteiger partial charge is 0.495 e. The molecule has 3 aromatic rings. The second-order valence-corrected chi connectivity index (χ2v) is 7.05. The van der Waals surface area contributed by atoms with E-state index in [9.17, 15) is 4.79 Å². The highest BCUT2D eigenvalue weighted by Crippen LogP contribution is 2.31. The molecule has 1 aromatic heterocycles. The van der Waals surface area contributed by atoms with Crippen LogP contribution < -0.4 is 19.7 Å². The van der Waals surface area contributed by atoms with Gasteiger partial charge in [0.05, 0.1) is 12.8 Å². The van der Waals surface area contributed by atoms with Crippen molar-refractivity contribution in [1.29, 1.82) is 0 Å². The molecule has 4 rings (SSSR count). The molecule has 1 fully saturated rings. The maximum Gasteiger partial charge on any atom is 0.281 e. The fourth-order valence-electron chi connectivity index (χ4n) is 3.13. The molecular formula is C23H20N2O4S. The van der Waals surface area contributed by atoms with E-state index >= 15 is 0 Å². The maximum absolute atomic E-state index is 12.9. The number of nitrogens with zero attached hydrogens (tertiary/aromatic N) is 1. The van der Waals surface area contributed by atoms with E-state index in [1.165, 1.54) is 4.90 Å². The number of rotatable bonds is 6. The average Bonchev–Trinajstić information content (AvgIpc) is 3.31. The number of amides is 1. The van der Waals surface area contributed by atoms with Crippen molar-refractivity contribution in [3.05, 3.63) is 83.4 Å². The summed E-state index contributed by atoms with van der Waals surface area (Å²) < 4.78 is 17.0. The van der Waals surface area contributed by atoms with E-state index in [0.29, 0.717) is 35.3 Å². The number of para-hydroxylation sites is 3. The Hall–Kier alpha value is -3.58. The van der Waals surface area contributed by atoms with Gasteiger partial charge in [0.25, 0.3) is 5.91 Å². The summed E-state index contributed by atoms with van der Waals surface area (Å²) in [6.07, 6.45) is 1.63. The lowest BCUT2D eigenvalue weighted by molar-refractivity contribution is -0.113. The summed E-state index contributed by atoms with van der Waals surface area (Å²) in [6, 6.07) is 18.6. The zero-order chi connectivity index (χ0) is 21.1. The molecule has 1 N–H and O–H groups in total. The number of aryl methyl sites for hydroxylation is 1. The molecule has 1 saturated heterocycles. The van der Waals surface area contributed by atoms with E-state index in [2.05, 4.69) is 5.32 Å². The lowest BCUT2D eigenvalue weighted by atomic mass is 10.2. The third-order valence-electron chi connectivity index (χ3n) is 4.64. The average molecular weight is 420 g/mol. The molecule has 7 heteroatoms. The molecular weight excluding hydrogens is 400 g/mol. The Kier molecular flexibility index (Phi) is 5.54. The van der Waals surface area contributed by atoms with E-state index in [-0.39, 0.29) is 11.0 Å². The number of methoxy groups -OCH3 is 1. The van der Waals surface area contributed by atoms with Gasteiger partial charge in [-0.3, -0.25) is 4.79 Å². The van der Waals surface area contributed by atoms with Crippen LogP contribution in [0.15, 0.2) is 70.8 Å². The van der Waals surface area contributed by atoms with Crippen molar-refractivity contribution in [2.45, 2.75) is 13.5 Å². The topological polar surface area (TPSA) is 63.9 Å². The summed E-state index contributed by atoms with van der Waals surface area (Å²) in [4.78, 5) is 14.3. The van der Waals surface area contributed by atoms with Crippen LogP contribution in [-0.2, 0) is 11.4 Å². The van der Waals surface area contributed by atoms with E-state index < -0.39 is 0 Å². The molecule has 0 aliphatic carbocycles. The molecule has 1 amide bonds. The summed E-state index contributed by atoms with van der Waals surface area (Å²) in [5.74, 6) is 2.27. The number of furan rings is 1. The van der Waals surface area contributed by atoms with Gasteiger partial charge in [0.15, 0.2) is 5.11 Å². The molecule has 0 saturated carbocycles. The second kappa shape index (κ2) is 8.42. The second-order valence-electron chi connectivity index (χ2n) is 6.66. The first kappa shape index (κ1) is 19.7.